The molecule has 1 aliphatic heterocycles. The number of hydrogen-bond acceptors (Lipinski definition) is 4. The molecule has 2 unspecified atom stereocenters. The summed E-state index contributed by atoms with van der Waals surface area (Å²) in [6.45, 7) is 10.6. The molecule has 1 N–H and O–H groups in total. The minimum Gasteiger partial charge on any atom is -0.382 e. The number of ether oxygens (including phenoxy) is 3. The number of nitrogens with one attached hydrogen (secondary N) is 1. The second-order valence-corrected chi connectivity index (χ2v) is 5.52. The molecule has 0 aromatic rings. The van der Waals surface area contributed by atoms with Gasteiger partial charge in [-0.05, 0) is 19.8 Å². The average molecular weight is 259 g/mol. The lowest BCUT2D eigenvalue weighted by Crippen LogP contribution is -2.42. The summed E-state index contributed by atoms with van der Waals surface area (Å²) in [5.41, 5.74) is 0.233. The Hall–Kier alpha value is -0.160. The second kappa shape index (κ2) is 8.10. The summed E-state index contributed by atoms with van der Waals surface area (Å²) in [5, 5.41) is 3.55. The highest BCUT2D eigenvalue weighted by Crippen LogP contribution is 2.37. The Morgan fingerprint density at radius 3 is 2.67 bits per heavy atom. The van der Waals surface area contributed by atoms with E-state index >= 15 is 0 Å². The molecule has 1 aliphatic rings. The van der Waals surface area contributed by atoms with E-state index in [2.05, 4.69) is 26.1 Å². The van der Waals surface area contributed by atoms with Crippen LogP contribution >= 0.6 is 0 Å². The highest BCUT2D eigenvalue weighted by atomic mass is 16.5. The fourth-order valence-corrected chi connectivity index (χ4v) is 2.39. The molecule has 2 atom stereocenters. The normalized spacial score (nSPS) is 28.2. The molecule has 0 aliphatic carbocycles. The van der Waals surface area contributed by atoms with Crippen LogP contribution in [-0.4, -0.2) is 52.2 Å². The van der Waals surface area contributed by atoms with Crippen molar-refractivity contribution in [3.05, 3.63) is 0 Å². The third-order valence-corrected chi connectivity index (χ3v) is 3.87. The van der Waals surface area contributed by atoms with E-state index in [4.69, 9.17) is 14.2 Å². The molecule has 0 bridgehead atoms. The van der Waals surface area contributed by atoms with Crippen molar-refractivity contribution in [3.63, 3.8) is 0 Å². The average Bonchev–Trinajstić information content (AvgIpc) is 2.69. The largest absolute Gasteiger partial charge is 0.382 e. The summed E-state index contributed by atoms with van der Waals surface area (Å²) in [4.78, 5) is 0. The van der Waals surface area contributed by atoms with Gasteiger partial charge in [0.05, 0.1) is 19.3 Å². The number of methoxy groups -OCH3 is 1. The van der Waals surface area contributed by atoms with E-state index in [-0.39, 0.29) is 5.41 Å². The Morgan fingerprint density at radius 1 is 1.33 bits per heavy atom. The monoisotopic (exact) mass is 259 g/mol. The molecule has 1 rings (SSSR count). The van der Waals surface area contributed by atoms with Gasteiger partial charge in [0.25, 0.3) is 0 Å². The second-order valence-electron chi connectivity index (χ2n) is 5.52. The van der Waals surface area contributed by atoms with Crippen LogP contribution in [0.4, 0.5) is 0 Å². The van der Waals surface area contributed by atoms with Crippen LogP contribution in [0.1, 0.15) is 33.6 Å². The van der Waals surface area contributed by atoms with Gasteiger partial charge in [0, 0.05) is 38.3 Å². The lowest BCUT2D eigenvalue weighted by molar-refractivity contribution is 0.0201. The summed E-state index contributed by atoms with van der Waals surface area (Å²) in [7, 11) is 1.70. The summed E-state index contributed by atoms with van der Waals surface area (Å²) in [6.07, 6.45) is 2.49. The Bertz CT molecular complexity index is 223. The Balaban J connectivity index is 2.35. The lowest BCUT2D eigenvalue weighted by atomic mass is 9.78. The van der Waals surface area contributed by atoms with Gasteiger partial charge < -0.3 is 19.5 Å². The van der Waals surface area contributed by atoms with Crippen molar-refractivity contribution in [1.82, 2.24) is 5.32 Å². The molecule has 1 fully saturated rings. The summed E-state index contributed by atoms with van der Waals surface area (Å²) >= 11 is 0. The van der Waals surface area contributed by atoms with E-state index in [9.17, 15) is 0 Å². The third-order valence-electron chi connectivity index (χ3n) is 3.87. The first-order valence-corrected chi connectivity index (χ1v) is 7.02. The maximum absolute atomic E-state index is 5.76. The van der Waals surface area contributed by atoms with E-state index in [0.29, 0.717) is 25.4 Å². The van der Waals surface area contributed by atoms with Crippen LogP contribution in [0.25, 0.3) is 0 Å². The van der Waals surface area contributed by atoms with Crippen LogP contribution in [0.2, 0.25) is 0 Å². The van der Waals surface area contributed by atoms with Gasteiger partial charge in [-0.15, -0.1) is 0 Å². The SMILES string of the molecule is COCCOCCC1(CNC(C)C)CCOC1C. The molecule has 0 amide bonds. The first-order valence-electron chi connectivity index (χ1n) is 7.02. The van der Waals surface area contributed by atoms with Gasteiger partial charge >= 0.3 is 0 Å². The maximum Gasteiger partial charge on any atom is 0.0700 e. The zero-order chi connectivity index (χ0) is 13.4. The summed E-state index contributed by atoms with van der Waals surface area (Å²) < 4.78 is 16.3. The van der Waals surface area contributed by atoms with Crippen LogP contribution in [-0.2, 0) is 14.2 Å². The highest BCUT2D eigenvalue weighted by Gasteiger charge is 2.40. The van der Waals surface area contributed by atoms with E-state index in [1.807, 2.05) is 0 Å². The van der Waals surface area contributed by atoms with E-state index < -0.39 is 0 Å². The molecule has 108 valence electrons. The molecule has 0 saturated carbocycles. The predicted molar refractivity (Wildman–Crippen MR) is 72.9 cm³/mol. The molecule has 18 heavy (non-hydrogen) atoms. The predicted octanol–water partition coefficient (Wildman–Crippen LogP) is 1.83. The van der Waals surface area contributed by atoms with Crippen molar-refractivity contribution in [2.24, 2.45) is 5.41 Å². The Morgan fingerprint density at radius 2 is 2.11 bits per heavy atom. The zero-order valence-electron chi connectivity index (χ0n) is 12.3. The van der Waals surface area contributed by atoms with Crippen molar-refractivity contribution in [2.75, 3.05) is 40.1 Å². The maximum atomic E-state index is 5.76. The third kappa shape index (κ3) is 4.84. The zero-order valence-corrected chi connectivity index (χ0v) is 12.3. The first kappa shape index (κ1) is 15.9. The molecule has 4 nitrogen and oxygen atoms in total. The molecule has 0 radical (unpaired) electrons. The summed E-state index contributed by atoms with van der Waals surface area (Å²) in [5.74, 6) is 0. The molecular weight excluding hydrogens is 230 g/mol. The van der Waals surface area contributed by atoms with E-state index in [1.165, 1.54) is 0 Å². The fraction of sp³-hybridized carbons (Fsp3) is 1.00. The molecule has 4 heteroatoms. The molecular formula is C14H29NO3. The highest BCUT2D eigenvalue weighted by molar-refractivity contribution is 4.91. The van der Waals surface area contributed by atoms with Gasteiger partial charge in [-0.3, -0.25) is 0 Å². The van der Waals surface area contributed by atoms with Crippen molar-refractivity contribution in [3.8, 4) is 0 Å². The Kier molecular flexibility index (Phi) is 7.15. The topological polar surface area (TPSA) is 39.7 Å². The number of rotatable bonds is 9. The standard InChI is InChI=1S/C14H29NO3/c1-12(2)15-11-14(6-8-18-13(14)3)5-7-17-10-9-16-4/h12-13,15H,5-11H2,1-4H3. The van der Waals surface area contributed by atoms with Gasteiger partial charge in [-0.2, -0.15) is 0 Å². The summed E-state index contributed by atoms with van der Waals surface area (Å²) in [6, 6.07) is 0.518. The Labute approximate surface area is 111 Å². The smallest absolute Gasteiger partial charge is 0.0700 e. The van der Waals surface area contributed by atoms with Crippen molar-refractivity contribution in [2.45, 2.75) is 45.8 Å². The quantitative estimate of drug-likeness (QED) is 0.641. The first-order chi connectivity index (χ1) is 8.60. The van der Waals surface area contributed by atoms with E-state index in [1.54, 1.807) is 7.11 Å². The number of hydrogen-bond donors (Lipinski definition) is 1. The molecule has 1 saturated heterocycles. The minimum atomic E-state index is 0.233. The van der Waals surface area contributed by atoms with E-state index in [0.717, 1.165) is 32.6 Å². The van der Waals surface area contributed by atoms with Crippen LogP contribution in [0.5, 0.6) is 0 Å². The molecule has 1 heterocycles. The van der Waals surface area contributed by atoms with Crippen LogP contribution in [0.15, 0.2) is 0 Å². The molecule has 0 aromatic carbocycles. The minimum absolute atomic E-state index is 0.233. The van der Waals surface area contributed by atoms with Gasteiger partial charge in [0.15, 0.2) is 0 Å². The lowest BCUT2D eigenvalue weighted by Gasteiger charge is -2.33. The molecule has 0 aromatic heterocycles. The van der Waals surface area contributed by atoms with Crippen LogP contribution in [0.3, 0.4) is 0 Å². The van der Waals surface area contributed by atoms with Crippen LogP contribution < -0.4 is 5.32 Å². The van der Waals surface area contributed by atoms with Crippen molar-refractivity contribution >= 4 is 0 Å². The van der Waals surface area contributed by atoms with Gasteiger partial charge in [0.2, 0.25) is 0 Å². The van der Waals surface area contributed by atoms with Crippen LogP contribution in [0, 0.1) is 5.41 Å². The fourth-order valence-electron chi connectivity index (χ4n) is 2.39. The van der Waals surface area contributed by atoms with Crippen molar-refractivity contribution < 1.29 is 14.2 Å². The van der Waals surface area contributed by atoms with Gasteiger partial charge in [-0.25, -0.2) is 0 Å². The van der Waals surface area contributed by atoms with Gasteiger partial charge in [-0.1, -0.05) is 13.8 Å². The van der Waals surface area contributed by atoms with Crippen molar-refractivity contribution in [1.29, 1.82) is 0 Å². The van der Waals surface area contributed by atoms with Gasteiger partial charge in [0.1, 0.15) is 0 Å². The molecule has 0 spiro atoms.